The van der Waals surface area contributed by atoms with Crippen molar-refractivity contribution in [3.63, 3.8) is 0 Å². The third kappa shape index (κ3) is 4.98. The number of rotatable bonds is 6. The van der Waals surface area contributed by atoms with E-state index >= 15 is 0 Å². The van der Waals surface area contributed by atoms with Gasteiger partial charge in [-0.15, -0.1) is 30.6 Å². The minimum absolute atomic E-state index is 0. The summed E-state index contributed by atoms with van der Waals surface area (Å²) in [5.41, 5.74) is 1.08. The Morgan fingerprint density at radius 2 is 2.19 bits per heavy atom. The highest BCUT2D eigenvalue weighted by molar-refractivity contribution is 14.0. The first-order valence-corrected chi connectivity index (χ1v) is 7.09. The number of guanidine groups is 1. The fourth-order valence-corrected chi connectivity index (χ4v) is 2.25. The molecule has 0 spiro atoms. The van der Waals surface area contributed by atoms with E-state index in [1.54, 1.807) is 18.2 Å². The maximum Gasteiger partial charge on any atom is 0.191 e. The quantitative estimate of drug-likeness (QED) is 0.331. The second-order valence-electron chi connectivity index (χ2n) is 5.16. The second-order valence-corrected chi connectivity index (χ2v) is 5.16. The van der Waals surface area contributed by atoms with Crippen LogP contribution < -0.4 is 10.6 Å². The second kappa shape index (κ2) is 8.36. The van der Waals surface area contributed by atoms with Crippen LogP contribution in [0.1, 0.15) is 25.3 Å². The van der Waals surface area contributed by atoms with Crippen LogP contribution in [0.2, 0.25) is 0 Å². The van der Waals surface area contributed by atoms with Crippen molar-refractivity contribution >= 4 is 29.9 Å². The molecule has 1 saturated carbocycles. The topological polar surface area (TPSA) is 36.4 Å². The van der Waals surface area contributed by atoms with Gasteiger partial charge in [-0.25, -0.2) is 4.39 Å². The number of hydrogen-bond acceptors (Lipinski definition) is 1. The molecular formula is C16H23FIN3. The minimum atomic E-state index is -0.172. The molecular weight excluding hydrogens is 380 g/mol. The van der Waals surface area contributed by atoms with Gasteiger partial charge in [0, 0.05) is 18.5 Å². The fourth-order valence-electron chi connectivity index (χ4n) is 2.25. The number of nitrogens with zero attached hydrogens (tertiary/aromatic N) is 1. The molecule has 1 aromatic rings. The molecule has 5 heteroatoms. The first kappa shape index (κ1) is 17.9. The summed E-state index contributed by atoms with van der Waals surface area (Å²) in [6, 6.07) is 6.89. The molecule has 1 aliphatic rings. The molecule has 116 valence electrons. The lowest BCUT2D eigenvalue weighted by atomic mass is 9.96. The van der Waals surface area contributed by atoms with Gasteiger partial charge in [-0.2, -0.15) is 0 Å². The van der Waals surface area contributed by atoms with Crippen LogP contribution in [0, 0.1) is 5.82 Å². The molecule has 0 unspecified atom stereocenters. The smallest absolute Gasteiger partial charge is 0.191 e. The lowest BCUT2D eigenvalue weighted by Crippen LogP contribution is -2.38. The first-order valence-electron chi connectivity index (χ1n) is 7.09. The van der Waals surface area contributed by atoms with Gasteiger partial charge in [0.2, 0.25) is 0 Å². The summed E-state index contributed by atoms with van der Waals surface area (Å²) in [7, 11) is 0. The monoisotopic (exact) mass is 403 g/mol. The maximum absolute atomic E-state index is 13.3. The minimum Gasteiger partial charge on any atom is -0.357 e. The Morgan fingerprint density at radius 1 is 1.43 bits per heavy atom. The van der Waals surface area contributed by atoms with Crippen LogP contribution in [-0.2, 0) is 5.41 Å². The van der Waals surface area contributed by atoms with Crippen molar-refractivity contribution in [3.05, 3.63) is 48.3 Å². The molecule has 0 radical (unpaired) electrons. The normalized spacial score (nSPS) is 15.8. The zero-order valence-electron chi connectivity index (χ0n) is 12.4. The van der Waals surface area contributed by atoms with E-state index in [1.807, 2.05) is 13.0 Å². The third-order valence-electron chi connectivity index (χ3n) is 3.59. The molecule has 21 heavy (non-hydrogen) atoms. The van der Waals surface area contributed by atoms with Crippen LogP contribution in [0.4, 0.5) is 4.39 Å². The van der Waals surface area contributed by atoms with Gasteiger partial charge >= 0.3 is 0 Å². The van der Waals surface area contributed by atoms with Gasteiger partial charge < -0.3 is 10.6 Å². The van der Waals surface area contributed by atoms with Gasteiger partial charge in [0.05, 0.1) is 6.54 Å². The molecule has 2 N–H and O–H groups in total. The van der Waals surface area contributed by atoms with E-state index in [4.69, 9.17) is 0 Å². The summed E-state index contributed by atoms with van der Waals surface area (Å²) >= 11 is 0. The summed E-state index contributed by atoms with van der Waals surface area (Å²) in [5, 5.41) is 6.38. The number of aliphatic imine (C=N–C) groups is 1. The molecule has 0 heterocycles. The van der Waals surface area contributed by atoms with Crippen molar-refractivity contribution in [2.75, 3.05) is 19.6 Å². The molecule has 0 amide bonds. The number of halogens is 2. The molecule has 3 nitrogen and oxygen atoms in total. The summed E-state index contributed by atoms with van der Waals surface area (Å²) in [6.07, 6.45) is 3.94. The van der Waals surface area contributed by atoms with Crippen LogP contribution >= 0.6 is 24.0 Å². The van der Waals surface area contributed by atoms with Crippen molar-refractivity contribution in [1.82, 2.24) is 10.6 Å². The van der Waals surface area contributed by atoms with Crippen molar-refractivity contribution < 1.29 is 4.39 Å². The van der Waals surface area contributed by atoms with Crippen molar-refractivity contribution in [1.29, 1.82) is 0 Å². The van der Waals surface area contributed by atoms with Gasteiger partial charge in [0.15, 0.2) is 5.96 Å². The van der Waals surface area contributed by atoms with Crippen molar-refractivity contribution in [2.45, 2.75) is 25.2 Å². The number of hydrogen-bond donors (Lipinski definition) is 2. The van der Waals surface area contributed by atoms with E-state index in [0.717, 1.165) is 30.9 Å². The first-order chi connectivity index (χ1) is 9.70. The standard InChI is InChI=1S/C16H22FN3.HI/c1-3-10-19-15(18-4-2)20-12-16(8-9-16)13-6-5-7-14(17)11-13;/h3,5-7,11H,1,4,8-10,12H2,2H3,(H2,18,19,20);1H. The predicted molar refractivity (Wildman–Crippen MR) is 96.9 cm³/mol. The lowest BCUT2D eigenvalue weighted by molar-refractivity contribution is 0.616. The molecule has 0 aliphatic heterocycles. The van der Waals surface area contributed by atoms with Crippen LogP contribution in [0.3, 0.4) is 0 Å². The van der Waals surface area contributed by atoms with E-state index in [9.17, 15) is 4.39 Å². The third-order valence-corrected chi connectivity index (χ3v) is 3.59. The van der Waals surface area contributed by atoms with Crippen LogP contribution in [-0.4, -0.2) is 25.6 Å². The molecule has 0 aromatic heterocycles. The van der Waals surface area contributed by atoms with Crippen LogP contribution in [0.15, 0.2) is 41.9 Å². The van der Waals surface area contributed by atoms with Gasteiger partial charge in [-0.1, -0.05) is 18.2 Å². The van der Waals surface area contributed by atoms with Gasteiger partial charge in [0.1, 0.15) is 5.82 Å². The van der Waals surface area contributed by atoms with E-state index in [1.165, 1.54) is 6.07 Å². The van der Waals surface area contributed by atoms with E-state index in [2.05, 4.69) is 22.2 Å². The number of benzene rings is 1. The molecule has 0 bridgehead atoms. The van der Waals surface area contributed by atoms with Gasteiger partial charge in [0.25, 0.3) is 0 Å². The molecule has 0 atom stereocenters. The summed E-state index contributed by atoms with van der Waals surface area (Å²) in [4.78, 5) is 4.62. The van der Waals surface area contributed by atoms with Crippen LogP contribution in [0.5, 0.6) is 0 Å². The molecule has 1 aromatic carbocycles. The van der Waals surface area contributed by atoms with E-state index in [-0.39, 0.29) is 35.2 Å². The van der Waals surface area contributed by atoms with Crippen molar-refractivity contribution in [3.8, 4) is 0 Å². The molecule has 1 aliphatic carbocycles. The number of nitrogens with one attached hydrogen (secondary N) is 2. The summed E-state index contributed by atoms with van der Waals surface area (Å²) in [5.74, 6) is 0.615. The SMILES string of the molecule is C=CCNC(=NCC1(c2cccc(F)c2)CC1)NCC.I. The highest BCUT2D eigenvalue weighted by atomic mass is 127. The Morgan fingerprint density at radius 3 is 2.76 bits per heavy atom. The van der Waals surface area contributed by atoms with E-state index < -0.39 is 0 Å². The Labute approximate surface area is 143 Å². The van der Waals surface area contributed by atoms with Crippen molar-refractivity contribution in [2.24, 2.45) is 4.99 Å². The maximum atomic E-state index is 13.3. The Hall–Kier alpha value is -1.11. The zero-order chi connectivity index (χ0) is 14.4. The predicted octanol–water partition coefficient (Wildman–Crippen LogP) is 3.22. The highest BCUT2D eigenvalue weighted by Crippen LogP contribution is 2.48. The van der Waals surface area contributed by atoms with Gasteiger partial charge in [-0.3, -0.25) is 4.99 Å². The Bertz CT molecular complexity index is 498. The molecule has 1 fully saturated rings. The average molecular weight is 403 g/mol. The summed E-state index contributed by atoms with van der Waals surface area (Å²) < 4.78 is 13.3. The molecule has 2 rings (SSSR count). The highest BCUT2D eigenvalue weighted by Gasteiger charge is 2.44. The van der Waals surface area contributed by atoms with E-state index in [0.29, 0.717) is 13.1 Å². The Kier molecular flexibility index (Phi) is 7.14. The van der Waals surface area contributed by atoms with Gasteiger partial charge in [-0.05, 0) is 37.5 Å². The zero-order valence-corrected chi connectivity index (χ0v) is 14.7. The fraction of sp³-hybridized carbons (Fsp3) is 0.438. The molecule has 0 saturated heterocycles. The summed E-state index contributed by atoms with van der Waals surface area (Å²) in [6.45, 7) is 7.89. The van der Waals surface area contributed by atoms with Crippen LogP contribution in [0.25, 0.3) is 0 Å². The average Bonchev–Trinajstić information content (AvgIpc) is 3.23. The Balaban J connectivity index is 0.00000220. The lowest BCUT2D eigenvalue weighted by Gasteiger charge is -2.15. The largest absolute Gasteiger partial charge is 0.357 e.